The zero-order valence-electron chi connectivity index (χ0n) is 9.22. The van der Waals surface area contributed by atoms with Gasteiger partial charge in [-0.25, -0.2) is 9.50 Å². The zero-order chi connectivity index (χ0) is 12.8. The third kappa shape index (κ3) is 1.71. The summed E-state index contributed by atoms with van der Waals surface area (Å²) >= 11 is 0. The minimum atomic E-state index is -4.61. The number of aromatic nitrogens is 3. The normalized spacial score (nSPS) is 12.3. The van der Waals surface area contributed by atoms with Crippen LogP contribution in [0, 0.1) is 6.92 Å². The molecule has 0 aliphatic heterocycles. The van der Waals surface area contributed by atoms with Gasteiger partial charge < -0.3 is 0 Å². The molecule has 7 heteroatoms. The fourth-order valence-electron chi connectivity index (χ4n) is 1.68. The van der Waals surface area contributed by atoms with Gasteiger partial charge in [0, 0.05) is 17.3 Å². The number of hydrogen-bond donors (Lipinski definition) is 1. The van der Waals surface area contributed by atoms with E-state index in [9.17, 15) is 18.0 Å². The summed E-state index contributed by atoms with van der Waals surface area (Å²) in [7, 11) is 0. The van der Waals surface area contributed by atoms with E-state index in [1.165, 1.54) is 6.20 Å². The Balaban J connectivity index is 2.88. The minimum absolute atomic E-state index is 0.0374. The third-order valence-electron chi connectivity index (χ3n) is 2.61. The summed E-state index contributed by atoms with van der Waals surface area (Å²) in [4.78, 5) is 15.3. The lowest BCUT2D eigenvalue weighted by Gasteiger charge is -2.08. The molecule has 0 bridgehead atoms. The summed E-state index contributed by atoms with van der Waals surface area (Å²) in [5.74, 6) is 0. The molecule has 0 aliphatic rings. The van der Waals surface area contributed by atoms with Gasteiger partial charge in [-0.1, -0.05) is 6.92 Å². The first-order valence-corrected chi connectivity index (χ1v) is 5.03. The predicted molar refractivity (Wildman–Crippen MR) is 54.9 cm³/mol. The van der Waals surface area contributed by atoms with E-state index in [4.69, 9.17) is 0 Å². The van der Waals surface area contributed by atoms with Crippen LogP contribution in [0.3, 0.4) is 0 Å². The van der Waals surface area contributed by atoms with Gasteiger partial charge in [-0.3, -0.25) is 9.89 Å². The molecule has 0 atom stereocenters. The standard InChI is InChI=1S/C10H10F3N3O/c1-3-6-4-14-16-8(6)15-7(10(11,12)13)5(2)9(16)17/h4,14H,3H2,1-2H3. The van der Waals surface area contributed by atoms with E-state index in [-0.39, 0.29) is 5.65 Å². The molecule has 0 saturated carbocycles. The maximum absolute atomic E-state index is 12.7. The van der Waals surface area contributed by atoms with Crippen molar-refractivity contribution in [2.45, 2.75) is 26.4 Å². The summed E-state index contributed by atoms with van der Waals surface area (Å²) in [5, 5.41) is 2.60. The van der Waals surface area contributed by atoms with Crippen LogP contribution < -0.4 is 5.56 Å². The molecule has 0 fully saturated rings. The van der Waals surface area contributed by atoms with Crippen molar-refractivity contribution < 1.29 is 13.2 Å². The highest BCUT2D eigenvalue weighted by molar-refractivity contribution is 5.48. The van der Waals surface area contributed by atoms with Gasteiger partial charge >= 0.3 is 6.18 Å². The van der Waals surface area contributed by atoms with E-state index in [2.05, 4.69) is 10.1 Å². The average Bonchev–Trinajstić information content (AvgIpc) is 2.64. The van der Waals surface area contributed by atoms with Gasteiger partial charge in [0.15, 0.2) is 11.3 Å². The van der Waals surface area contributed by atoms with E-state index >= 15 is 0 Å². The van der Waals surface area contributed by atoms with Gasteiger partial charge in [0.25, 0.3) is 5.56 Å². The van der Waals surface area contributed by atoms with Gasteiger partial charge in [-0.2, -0.15) is 13.2 Å². The van der Waals surface area contributed by atoms with Crippen LogP contribution in [-0.2, 0) is 12.6 Å². The lowest BCUT2D eigenvalue weighted by atomic mass is 10.2. The molecule has 0 saturated heterocycles. The summed E-state index contributed by atoms with van der Waals surface area (Å²) in [6, 6.07) is 0. The quantitative estimate of drug-likeness (QED) is 0.834. The Morgan fingerprint density at radius 2 is 2.12 bits per heavy atom. The molecule has 0 aliphatic carbocycles. The number of hydrogen-bond acceptors (Lipinski definition) is 2. The van der Waals surface area contributed by atoms with Crippen molar-refractivity contribution in [3.05, 3.63) is 33.4 Å². The summed E-state index contributed by atoms with van der Waals surface area (Å²) in [5.41, 5.74) is -1.62. The largest absolute Gasteiger partial charge is 0.433 e. The summed E-state index contributed by atoms with van der Waals surface area (Å²) in [6.07, 6.45) is -2.62. The van der Waals surface area contributed by atoms with E-state index in [0.29, 0.717) is 12.0 Å². The smallest absolute Gasteiger partial charge is 0.297 e. The molecule has 2 aromatic rings. The average molecular weight is 245 g/mol. The van der Waals surface area contributed by atoms with Crippen molar-refractivity contribution in [1.82, 2.24) is 14.6 Å². The minimum Gasteiger partial charge on any atom is -0.297 e. The third-order valence-corrected chi connectivity index (χ3v) is 2.61. The molecule has 0 aromatic carbocycles. The fraction of sp³-hybridized carbons (Fsp3) is 0.400. The molecule has 2 rings (SSSR count). The van der Waals surface area contributed by atoms with E-state index < -0.39 is 23.0 Å². The lowest BCUT2D eigenvalue weighted by Crippen LogP contribution is -2.24. The molecule has 0 amide bonds. The Morgan fingerprint density at radius 3 is 2.65 bits per heavy atom. The van der Waals surface area contributed by atoms with Crippen LogP contribution in [0.5, 0.6) is 0 Å². The van der Waals surface area contributed by atoms with Crippen LogP contribution in [0.15, 0.2) is 11.0 Å². The molecular formula is C10H10F3N3O. The molecule has 1 N–H and O–H groups in total. The maximum Gasteiger partial charge on any atom is 0.433 e. The highest BCUT2D eigenvalue weighted by Crippen LogP contribution is 2.29. The highest BCUT2D eigenvalue weighted by atomic mass is 19.4. The van der Waals surface area contributed by atoms with Crippen molar-refractivity contribution in [2.75, 3.05) is 0 Å². The number of aryl methyl sites for hydroxylation is 1. The van der Waals surface area contributed by atoms with Crippen molar-refractivity contribution in [2.24, 2.45) is 0 Å². The van der Waals surface area contributed by atoms with Crippen LogP contribution in [-0.4, -0.2) is 14.6 Å². The summed E-state index contributed by atoms with van der Waals surface area (Å²) in [6.45, 7) is 2.90. The van der Waals surface area contributed by atoms with Crippen molar-refractivity contribution in [3.8, 4) is 0 Å². The molecule has 92 valence electrons. The molecule has 0 radical (unpaired) electrons. The fourth-order valence-corrected chi connectivity index (χ4v) is 1.68. The van der Waals surface area contributed by atoms with E-state index in [1.54, 1.807) is 6.92 Å². The maximum atomic E-state index is 12.7. The molecule has 2 heterocycles. The zero-order valence-corrected chi connectivity index (χ0v) is 9.22. The summed E-state index contributed by atoms with van der Waals surface area (Å²) < 4.78 is 39.1. The first kappa shape index (κ1) is 11.7. The number of nitrogens with one attached hydrogen (secondary N) is 1. The van der Waals surface area contributed by atoms with Gasteiger partial charge in [-0.15, -0.1) is 0 Å². The Kier molecular flexibility index (Phi) is 2.48. The number of H-pyrrole nitrogens is 1. The molecular weight excluding hydrogens is 235 g/mol. The van der Waals surface area contributed by atoms with Crippen LogP contribution in [0.25, 0.3) is 5.65 Å². The molecule has 4 nitrogen and oxygen atoms in total. The second-order valence-electron chi connectivity index (χ2n) is 3.70. The number of nitrogens with zero attached hydrogens (tertiary/aromatic N) is 2. The van der Waals surface area contributed by atoms with Crippen LogP contribution in [0.1, 0.15) is 23.7 Å². The van der Waals surface area contributed by atoms with Crippen LogP contribution >= 0.6 is 0 Å². The Labute approximate surface area is 94.1 Å². The first-order valence-electron chi connectivity index (χ1n) is 5.03. The van der Waals surface area contributed by atoms with Crippen molar-refractivity contribution >= 4 is 5.65 Å². The van der Waals surface area contributed by atoms with Crippen LogP contribution in [0.4, 0.5) is 13.2 Å². The molecule has 2 aromatic heterocycles. The van der Waals surface area contributed by atoms with Gasteiger partial charge in [0.05, 0.1) is 0 Å². The Hall–Kier alpha value is -1.79. The Morgan fingerprint density at radius 1 is 1.47 bits per heavy atom. The first-order chi connectivity index (χ1) is 7.86. The second-order valence-corrected chi connectivity index (χ2v) is 3.70. The SMILES string of the molecule is CCc1c[nH]n2c(=O)c(C)c(C(F)(F)F)nc12. The van der Waals surface area contributed by atoms with Gasteiger partial charge in [-0.05, 0) is 13.3 Å². The number of fused-ring (bicyclic) bond motifs is 1. The molecule has 0 spiro atoms. The second kappa shape index (κ2) is 3.61. The van der Waals surface area contributed by atoms with Crippen molar-refractivity contribution in [1.29, 1.82) is 0 Å². The van der Waals surface area contributed by atoms with Crippen molar-refractivity contribution in [3.63, 3.8) is 0 Å². The molecule has 0 unspecified atom stereocenters. The van der Waals surface area contributed by atoms with E-state index in [1.807, 2.05) is 0 Å². The number of alkyl halides is 3. The molecule has 17 heavy (non-hydrogen) atoms. The number of aromatic amines is 1. The van der Waals surface area contributed by atoms with Gasteiger partial charge in [0.2, 0.25) is 0 Å². The monoisotopic (exact) mass is 245 g/mol. The topological polar surface area (TPSA) is 50.2 Å². The van der Waals surface area contributed by atoms with Gasteiger partial charge in [0.1, 0.15) is 0 Å². The van der Waals surface area contributed by atoms with E-state index in [0.717, 1.165) is 11.4 Å². The lowest BCUT2D eigenvalue weighted by molar-refractivity contribution is -0.141. The predicted octanol–water partition coefficient (Wildman–Crippen LogP) is 1.91. The highest BCUT2D eigenvalue weighted by Gasteiger charge is 2.36. The Bertz CT molecular complexity index is 624. The number of halogens is 3. The van der Waals surface area contributed by atoms with Crippen LogP contribution in [0.2, 0.25) is 0 Å². The number of rotatable bonds is 1.